The van der Waals surface area contributed by atoms with E-state index >= 15 is 0 Å². The van der Waals surface area contributed by atoms with Crippen molar-refractivity contribution in [3.8, 4) is 0 Å². The lowest BCUT2D eigenvalue weighted by Gasteiger charge is -2.20. The maximum Gasteiger partial charge on any atom is 0.116 e. The number of fused-ring (bicyclic) bond motifs is 1. The summed E-state index contributed by atoms with van der Waals surface area (Å²) in [5, 5.41) is 0. The van der Waals surface area contributed by atoms with Crippen LogP contribution in [0.15, 0.2) is 24.3 Å². The quantitative estimate of drug-likeness (QED) is 0.770. The third-order valence-corrected chi connectivity index (χ3v) is 4.81. The normalized spacial score (nSPS) is 13.7. The fraction of sp³-hybridized carbons (Fsp3) is 0.333. The van der Waals surface area contributed by atoms with Gasteiger partial charge in [0.2, 0.25) is 0 Å². The van der Waals surface area contributed by atoms with E-state index in [1.807, 2.05) is 0 Å². The third kappa shape index (κ3) is 2.16. The highest BCUT2D eigenvalue weighted by atomic mass is 32.1. The van der Waals surface area contributed by atoms with Crippen molar-refractivity contribution < 1.29 is 0 Å². The first kappa shape index (κ1) is 14.2. The van der Waals surface area contributed by atoms with E-state index in [1.54, 1.807) is 0 Å². The van der Waals surface area contributed by atoms with Gasteiger partial charge in [0.05, 0.1) is 12.2 Å². The molecule has 2 heterocycles. The molecule has 0 aliphatic carbocycles. The van der Waals surface area contributed by atoms with Crippen LogP contribution < -0.4 is 4.90 Å². The van der Waals surface area contributed by atoms with E-state index in [9.17, 15) is 0 Å². The van der Waals surface area contributed by atoms with Crippen molar-refractivity contribution in [2.24, 2.45) is 0 Å². The first-order valence-corrected chi connectivity index (χ1v) is 7.81. The Hall–Kier alpha value is -1.74. The highest BCUT2D eigenvalue weighted by molar-refractivity contribution is 7.81. The zero-order valence-corrected chi connectivity index (χ0v) is 13.8. The number of para-hydroxylation sites is 1. The van der Waals surface area contributed by atoms with Crippen LogP contribution in [0.5, 0.6) is 0 Å². The molecule has 0 saturated heterocycles. The Morgan fingerprint density at radius 1 is 1.19 bits per heavy atom. The number of rotatable bonds is 2. The number of benzene rings is 1. The van der Waals surface area contributed by atoms with Crippen LogP contribution in [-0.4, -0.2) is 9.97 Å². The number of hydrogen-bond donors (Lipinski definition) is 0. The Kier molecular flexibility index (Phi) is 3.54. The molecule has 0 atom stereocenters. The largest absolute Gasteiger partial charge is 0.326 e. The lowest BCUT2D eigenvalue weighted by molar-refractivity contribution is 0.942. The van der Waals surface area contributed by atoms with Gasteiger partial charge in [-0.15, -0.1) is 0 Å². The zero-order chi connectivity index (χ0) is 15.1. The fourth-order valence-electron chi connectivity index (χ4n) is 3.30. The lowest BCUT2D eigenvalue weighted by Crippen LogP contribution is -2.23. The average Bonchev–Trinajstić information content (AvgIpc) is 2.76. The van der Waals surface area contributed by atoms with Gasteiger partial charge in [-0.05, 0) is 49.9 Å². The minimum Gasteiger partial charge on any atom is -0.326 e. The number of thiocarbonyl (C=S) groups is 1. The van der Waals surface area contributed by atoms with Gasteiger partial charge in [-0.1, -0.05) is 37.3 Å². The minimum absolute atomic E-state index is 0.782. The molecule has 0 fully saturated rings. The standard InChI is InChI=1S/C18H20N2S/c1-5-14-12(3)17-15(19-13(14)4)10-20(18(17)21)16-9-7-6-8-11(16)2/h6-9H,5,10H2,1-4H3. The smallest absolute Gasteiger partial charge is 0.116 e. The summed E-state index contributed by atoms with van der Waals surface area (Å²) < 4.78 is 0. The molecule has 3 heteroatoms. The number of nitrogens with zero attached hydrogens (tertiary/aromatic N) is 2. The summed E-state index contributed by atoms with van der Waals surface area (Å²) >= 11 is 5.76. The van der Waals surface area contributed by atoms with Gasteiger partial charge in [0.15, 0.2) is 0 Å². The number of anilines is 1. The molecular weight excluding hydrogens is 276 g/mol. The molecule has 1 aromatic heterocycles. The summed E-state index contributed by atoms with van der Waals surface area (Å²) in [7, 11) is 0. The Bertz CT molecular complexity index is 734. The molecule has 0 N–H and O–H groups in total. The summed E-state index contributed by atoms with van der Waals surface area (Å²) in [5.41, 5.74) is 8.52. The molecule has 1 aliphatic rings. The van der Waals surface area contributed by atoms with Crippen LogP contribution in [0.2, 0.25) is 0 Å². The second-order valence-corrected chi connectivity index (χ2v) is 6.04. The van der Waals surface area contributed by atoms with E-state index in [-0.39, 0.29) is 0 Å². The summed E-state index contributed by atoms with van der Waals surface area (Å²) in [6.45, 7) is 9.38. The zero-order valence-electron chi connectivity index (χ0n) is 13.0. The van der Waals surface area contributed by atoms with Crippen LogP contribution in [0.4, 0.5) is 5.69 Å². The predicted molar refractivity (Wildman–Crippen MR) is 92.2 cm³/mol. The fourth-order valence-corrected chi connectivity index (χ4v) is 3.73. The number of hydrogen-bond acceptors (Lipinski definition) is 2. The van der Waals surface area contributed by atoms with E-state index in [0.29, 0.717) is 0 Å². The van der Waals surface area contributed by atoms with Crippen molar-refractivity contribution in [3.05, 3.63) is 57.9 Å². The highest BCUT2D eigenvalue weighted by Crippen LogP contribution is 2.33. The SMILES string of the molecule is CCc1c(C)nc2c(c1C)C(=S)N(c1ccccc1C)C2. The van der Waals surface area contributed by atoms with Crippen molar-refractivity contribution in [1.82, 2.24) is 4.98 Å². The molecule has 0 spiro atoms. The van der Waals surface area contributed by atoms with E-state index in [4.69, 9.17) is 17.2 Å². The first-order chi connectivity index (χ1) is 10.0. The van der Waals surface area contributed by atoms with Crippen LogP contribution >= 0.6 is 12.2 Å². The molecular formula is C18H20N2S. The van der Waals surface area contributed by atoms with Gasteiger partial charge >= 0.3 is 0 Å². The van der Waals surface area contributed by atoms with Crippen molar-refractivity contribution in [2.45, 2.75) is 40.7 Å². The molecule has 0 saturated carbocycles. The van der Waals surface area contributed by atoms with Gasteiger partial charge in [0.1, 0.15) is 4.99 Å². The van der Waals surface area contributed by atoms with Crippen molar-refractivity contribution >= 4 is 22.9 Å². The van der Waals surface area contributed by atoms with Crippen molar-refractivity contribution in [3.63, 3.8) is 0 Å². The minimum atomic E-state index is 0.782. The topological polar surface area (TPSA) is 16.1 Å². The molecule has 1 aliphatic heterocycles. The maximum atomic E-state index is 5.76. The van der Waals surface area contributed by atoms with Crippen LogP contribution in [0.1, 0.15) is 40.6 Å². The van der Waals surface area contributed by atoms with E-state index in [0.717, 1.165) is 29.3 Å². The van der Waals surface area contributed by atoms with Gasteiger partial charge < -0.3 is 4.90 Å². The van der Waals surface area contributed by atoms with Gasteiger partial charge in [-0.3, -0.25) is 4.98 Å². The molecule has 21 heavy (non-hydrogen) atoms. The van der Waals surface area contributed by atoms with E-state index in [1.165, 1.54) is 27.9 Å². The summed E-state index contributed by atoms with van der Waals surface area (Å²) in [6, 6.07) is 8.39. The van der Waals surface area contributed by atoms with Gasteiger partial charge in [-0.25, -0.2) is 0 Å². The summed E-state index contributed by atoms with van der Waals surface area (Å²) in [5.74, 6) is 0. The Labute approximate surface area is 131 Å². The molecule has 2 aromatic rings. The number of aryl methyl sites for hydroxylation is 2. The van der Waals surface area contributed by atoms with Gasteiger partial charge in [0.25, 0.3) is 0 Å². The second-order valence-electron chi connectivity index (χ2n) is 5.65. The second kappa shape index (κ2) is 5.23. The predicted octanol–water partition coefficient (Wildman–Crippen LogP) is 4.26. The Morgan fingerprint density at radius 3 is 2.57 bits per heavy atom. The van der Waals surface area contributed by atoms with E-state index < -0.39 is 0 Å². The molecule has 0 amide bonds. The van der Waals surface area contributed by atoms with Crippen molar-refractivity contribution in [1.29, 1.82) is 0 Å². The summed E-state index contributed by atoms with van der Waals surface area (Å²) in [6.07, 6.45) is 1.00. The average molecular weight is 296 g/mol. The Morgan fingerprint density at radius 2 is 1.90 bits per heavy atom. The number of aromatic nitrogens is 1. The molecule has 3 rings (SSSR count). The number of pyridine rings is 1. The molecule has 0 bridgehead atoms. The first-order valence-electron chi connectivity index (χ1n) is 7.41. The lowest BCUT2D eigenvalue weighted by atomic mass is 9.99. The highest BCUT2D eigenvalue weighted by Gasteiger charge is 2.30. The van der Waals surface area contributed by atoms with Gasteiger partial charge in [0, 0.05) is 16.9 Å². The maximum absolute atomic E-state index is 5.76. The third-order valence-electron chi connectivity index (χ3n) is 4.38. The van der Waals surface area contributed by atoms with Crippen LogP contribution in [0.25, 0.3) is 0 Å². The molecule has 2 nitrogen and oxygen atoms in total. The van der Waals surface area contributed by atoms with Crippen molar-refractivity contribution in [2.75, 3.05) is 4.90 Å². The molecule has 0 unspecified atom stereocenters. The molecule has 0 radical (unpaired) electrons. The molecule has 108 valence electrons. The Balaban J connectivity index is 2.12. The monoisotopic (exact) mass is 296 g/mol. The molecule has 1 aromatic carbocycles. The van der Waals surface area contributed by atoms with Crippen LogP contribution in [0.3, 0.4) is 0 Å². The van der Waals surface area contributed by atoms with E-state index in [2.05, 4.69) is 56.9 Å². The van der Waals surface area contributed by atoms with Gasteiger partial charge in [-0.2, -0.15) is 0 Å². The summed E-state index contributed by atoms with van der Waals surface area (Å²) in [4.78, 5) is 7.94. The van der Waals surface area contributed by atoms with Crippen LogP contribution in [0, 0.1) is 20.8 Å². The van der Waals surface area contributed by atoms with Crippen LogP contribution in [-0.2, 0) is 13.0 Å².